The molecular formula is C15H9BrN2O4. The minimum absolute atomic E-state index is 0.0180. The van der Waals surface area contributed by atoms with Crippen molar-refractivity contribution in [2.24, 2.45) is 0 Å². The van der Waals surface area contributed by atoms with E-state index in [9.17, 15) is 14.7 Å². The molecule has 1 amide bonds. The number of amides is 1. The molecule has 110 valence electrons. The number of carboxylic acid groups (broad SMARTS) is 1. The zero-order valence-electron chi connectivity index (χ0n) is 11.0. The maximum atomic E-state index is 12.3. The number of hydrogen-bond acceptors (Lipinski definition) is 4. The van der Waals surface area contributed by atoms with Gasteiger partial charge in [0.05, 0.1) is 16.6 Å². The molecule has 0 aliphatic rings. The molecule has 3 aromatic rings. The van der Waals surface area contributed by atoms with Crippen LogP contribution in [0, 0.1) is 0 Å². The monoisotopic (exact) mass is 360 g/mol. The van der Waals surface area contributed by atoms with Gasteiger partial charge < -0.3 is 14.9 Å². The van der Waals surface area contributed by atoms with Crippen LogP contribution in [-0.4, -0.2) is 22.1 Å². The summed E-state index contributed by atoms with van der Waals surface area (Å²) in [6.45, 7) is 0. The first-order valence-corrected chi connectivity index (χ1v) is 7.04. The summed E-state index contributed by atoms with van der Waals surface area (Å²) in [5.74, 6) is -1.67. The van der Waals surface area contributed by atoms with Crippen LogP contribution in [0.3, 0.4) is 0 Å². The predicted molar refractivity (Wildman–Crippen MR) is 83.1 cm³/mol. The normalized spacial score (nSPS) is 10.6. The van der Waals surface area contributed by atoms with Crippen molar-refractivity contribution in [3.8, 4) is 0 Å². The largest absolute Gasteiger partial charge is 0.478 e. The fourth-order valence-corrected chi connectivity index (χ4v) is 2.39. The minimum Gasteiger partial charge on any atom is -0.478 e. The number of fused-ring (bicyclic) bond motifs is 1. The number of carboxylic acids is 1. The van der Waals surface area contributed by atoms with E-state index in [1.807, 2.05) is 0 Å². The number of aromatic nitrogens is 1. The van der Waals surface area contributed by atoms with Crippen LogP contribution in [0.5, 0.6) is 0 Å². The summed E-state index contributed by atoms with van der Waals surface area (Å²) in [6, 6.07) is 11.5. The highest BCUT2D eigenvalue weighted by atomic mass is 79.9. The first-order chi connectivity index (χ1) is 10.6. The summed E-state index contributed by atoms with van der Waals surface area (Å²) in [5.41, 5.74) is 0.764. The highest BCUT2D eigenvalue weighted by molar-refractivity contribution is 9.10. The second-order valence-electron chi connectivity index (χ2n) is 4.48. The zero-order valence-corrected chi connectivity index (χ0v) is 12.6. The van der Waals surface area contributed by atoms with E-state index in [-0.39, 0.29) is 16.9 Å². The number of anilines is 1. The van der Waals surface area contributed by atoms with Gasteiger partial charge in [0.2, 0.25) is 0 Å². The number of halogens is 1. The third kappa shape index (κ3) is 2.58. The lowest BCUT2D eigenvalue weighted by atomic mass is 10.1. The van der Waals surface area contributed by atoms with Crippen LogP contribution in [0.15, 0.2) is 51.5 Å². The number of carbonyl (C=O) groups is 2. The summed E-state index contributed by atoms with van der Waals surface area (Å²) in [7, 11) is 0. The van der Waals surface area contributed by atoms with Gasteiger partial charge in [-0.15, -0.1) is 0 Å². The number of benzene rings is 2. The second-order valence-corrected chi connectivity index (χ2v) is 5.39. The molecule has 22 heavy (non-hydrogen) atoms. The quantitative estimate of drug-likeness (QED) is 0.744. The molecule has 0 aliphatic heterocycles. The van der Waals surface area contributed by atoms with E-state index in [2.05, 4.69) is 26.4 Å². The molecule has 0 radical (unpaired) electrons. The minimum atomic E-state index is -1.14. The molecule has 0 spiro atoms. The number of rotatable bonds is 3. The molecule has 2 N–H and O–H groups in total. The lowest BCUT2D eigenvalue weighted by Gasteiger charge is -2.07. The number of hydrogen-bond donors (Lipinski definition) is 2. The topological polar surface area (TPSA) is 92.4 Å². The Kier molecular flexibility index (Phi) is 3.64. The molecule has 2 aromatic carbocycles. The van der Waals surface area contributed by atoms with Crippen molar-refractivity contribution in [3.63, 3.8) is 0 Å². The van der Waals surface area contributed by atoms with Gasteiger partial charge in [0.25, 0.3) is 5.91 Å². The van der Waals surface area contributed by atoms with Crippen LogP contribution in [0.25, 0.3) is 11.0 Å². The number of carbonyl (C=O) groups excluding carboxylic acids is 1. The molecule has 0 bridgehead atoms. The number of para-hydroxylation sites is 1. The summed E-state index contributed by atoms with van der Waals surface area (Å²) in [6.07, 6.45) is 0. The highest BCUT2D eigenvalue weighted by Gasteiger charge is 2.18. The molecule has 1 aromatic heterocycles. The third-order valence-electron chi connectivity index (χ3n) is 3.05. The van der Waals surface area contributed by atoms with Crippen molar-refractivity contribution in [1.82, 2.24) is 5.16 Å². The van der Waals surface area contributed by atoms with Gasteiger partial charge in [-0.25, -0.2) is 4.79 Å². The average molecular weight is 361 g/mol. The van der Waals surface area contributed by atoms with Gasteiger partial charge in [0.15, 0.2) is 11.3 Å². The molecule has 0 aliphatic carbocycles. The van der Waals surface area contributed by atoms with Crippen molar-refractivity contribution in [3.05, 3.63) is 58.2 Å². The van der Waals surface area contributed by atoms with E-state index < -0.39 is 11.9 Å². The average Bonchev–Trinajstić information content (AvgIpc) is 2.93. The first-order valence-electron chi connectivity index (χ1n) is 6.25. The smallest absolute Gasteiger partial charge is 0.337 e. The molecule has 0 unspecified atom stereocenters. The summed E-state index contributed by atoms with van der Waals surface area (Å²) in [4.78, 5) is 23.6. The van der Waals surface area contributed by atoms with Crippen molar-refractivity contribution >= 4 is 44.5 Å². The van der Waals surface area contributed by atoms with E-state index >= 15 is 0 Å². The van der Waals surface area contributed by atoms with Gasteiger partial charge in [0, 0.05) is 4.47 Å². The second kappa shape index (κ2) is 5.61. The van der Waals surface area contributed by atoms with Crippen molar-refractivity contribution in [2.75, 3.05) is 5.32 Å². The Hall–Kier alpha value is -2.67. The predicted octanol–water partition coefficient (Wildman–Crippen LogP) is 3.54. The Morgan fingerprint density at radius 2 is 1.95 bits per heavy atom. The molecule has 6 nitrogen and oxygen atoms in total. The maximum absolute atomic E-state index is 12.3. The highest BCUT2D eigenvalue weighted by Crippen LogP contribution is 2.23. The van der Waals surface area contributed by atoms with E-state index in [1.165, 1.54) is 12.1 Å². The van der Waals surface area contributed by atoms with Crippen molar-refractivity contribution in [2.45, 2.75) is 0 Å². The number of nitrogens with one attached hydrogen (secondary N) is 1. The fraction of sp³-hybridized carbons (Fsp3) is 0. The van der Waals surface area contributed by atoms with Crippen LogP contribution in [-0.2, 0) is 0 Å². The van der Waals surface area contributed by atoms with Crippen LogP contribution in [0.4, 0.5) is 5.69 Å². The third-order valence-corrected chi connectivity index (χ3v) is 3.55. The molecule has 1 heterocycles. The number of aromatic carboxylic acids is 1. The molecule has 0 saturated heterocycles. The maximum Gasteiger partial charge on any atom is 0.337 e. The van der Waals surface area contributed by atoms with E-state index in [4.69, 9.17) is 4.52 Å². The molecule has 3 rings (SSSR count). The molecule has 0 atom stereocenters. The molecule has 7 heteroatoms. The van der Waals surface area contributed by atoms with Crippen molar-refractivity contribution in [1.29, 1.82) is 0 Å². The van der Waals surface area contributed by atoms with Gasteiger partial charge in [-0.1, -0.05) is 33.2 Å². The fourth-order valence-electron chi connectivity index (χ4n) is 2.03. The van der Waals surface area contributed by atoms with Gasteiger partial charge in [-0.2, -0.15) is 0 Å². The van der Waals surface area contributed by atoms with Gasteiger partial charge in [-0.3, -0.25) is 4.79 Å². The molecular weight excluding hydrogens is 352 g/mol. The van der Waals surface area contributed by atoms with E-state index in [0.717, 1.165) is 0 Å². The van der Waals surface area contributed by atoms with Crippen LogP contribution in [0.1, 0.15) is 20.8 Å². The summed E-state index contributed by atoms with van der Waals surface area (Å²) in [5, 5.41) is 16.1. The summed E-state index contributed by atoms with van der Waals surface area (Å²) >= 11 is 3.20. The van der Waals surface area contributed by atoms with Crippen LogP contribution >= 0.6 is 15.9 Å². The number of nitrogens with zero attached hydrogens (tertiary/aromatic N) is 1. The Labute approximate surface area is 132 Å². The molecule has 0 saturated carbocycles. The van der Waals surface area contributed by atoms with E-state index in [1.54, 1.807) is 30.3 Å². The first kappa shape index (κ1) is 14.3. The van der Waals surface area contributed by atoms with Crippen molar-refractivity contribution < 1.29 is 19.2 Å². The molecule has 0 fully saturated rings. The Morgan fingerprint density at radius 1 is 1.18 bits per heavy atom. The van der Waals surface area contributed by atoms with Gasteiger partial charge in [-0.05, 0) is 30.3 Å². The Morgan fingerprint density at radius 3 is 2.73 bits per heavy atom. The zero-order chi connectivity index (χ0) is 15.7. The standard InChI is InChI=1S/C15H9BrN2O4/c16-8-5-6-11(10(7-8)15(20)21)17-14(19)13-9-3-1-2-4-12(9)22-18-13/h1-7H,(H,17,19)(H,20,21). The van der Waals surface area contributed by atoms with Crippen LogP contribution in [0.2, 0.25) is 0 Å². The van der Waals surface area contributed by atoms with Gasteiger partial charge >= 0.3 is 5.97 Å². The SMILES string of the molecule is O=C(O)c1cc(Br)ccc1NC(=O)c1noc2ccccc12. The lowest BCUT2D eigenvalue weighted by Crippen LogP contribution is -2.15. The lowest BCUT2D eigenvalue weighted by molar-refractivity contribution is 0.0698. The van der Waals surface area contributed by atoms with E-state index in [0.29, 0.717) is 15.4 Å². The summed E-state index contributed by atoms with van der Waals surface area (Å²) < 4.78 is 5.68. The Balaban J connectivity index is 1.97. The van der Waals surface area contributed by atoms with Crippen LogP contribution < -0.4 is 5.32 Å². The van der Waals surface area contributed by atoms with Gasteiger partial charge in [0.1, 0.15) is 0 Å². The Bertz CT molecular complexity index is 888.